The molecule has 1 aliphatic heterocycles. The first kappa shape index (κ1) is 15.7. The van der Waals surface area contributed by atoms with Crippen LogP contribution in [0.1, 0.15) is 36.4 Å². The monoisotopic (exact) mass is 312 g/mol. The van der Waals surface area contributed by atoms with Gasteiger partial charge in [0.15, 0.2) is 5.76 Å². The minimum Gasteiger partial charge on any atom is -0.451 e. The number of hydrogen-bond acceptors (Lipinski definition) is 3. The first-order valence-electron chi connectivity index (χ1n) is 8.19. The molecule has 23 heavy (non-hydrogen) atoms. The number of carbonyl (C=O) groups excluding carboxylic acids is 1. The van der Waals surface area contributed by atoms with Gasteiger partial charge in [0.1, 0.15) is 5.76 Å². The zero-order chi connectivity index (χ0) is 16.6. The SMILES string of the molecule is Cc1cc(N)ccc1-c1ccc(C(=O)N2C[C@@H](C)C[C@H](C)C2)o1. The van der Waals surface area contributed by atoms with Crippen LogP contribution in [0.15, 0.2) is 34.7 Å². The highest BCUT2D eigenvalue weighted by molar-refractivity contribution is 5.92. The number of aryl methyl sites for hydroxylation is 1. The summed E-state index contributed by atoms with van der Waals surface area (Å²) in [4.78, 5) is 14.6. The van der Waals surface area contributed by atoms with Crippen LogP contribution >= 0.6 is 0 Å². The minimum atomic E-state index is -0.0113. The number of furan rings is 1. The molecule has 4 heteroatoms. The quantitative estimate of drug-likeness (QED) is 0.854. The van der Waals surface area contributed by atoms with E-state index in [9.17, 15) is 4.79 Å². The van der Waals surface area contributed by atoms with Crippen LogP contribution in [0.2, 0.25) is 0 Å². The van der Waals surface area contributed by atoms with Crippen LogP contribution in [0.5, 0.6) is 0 Å². The van der Waals surface area contributed by atoms with Crippen molar-refractivity contribution in [2.45, 2.75) is 27.2 Å². The number of benzene rings is 1. The van der Waals surface area contributed by atoms with Crippen LogP contribution in [0.4, 0.5) is 5.69 Å². The Morgan fingerprint density at radius 1 is 1.17 bits per heavy atom. The summed E-state index contributed by atoms with van der Waals surface area (Å²) in [5.74, 6) is 2.19. The van der Waals surface area contributed by atoms with Crippen LogP contribution in [0.25, 0.3) is 11.3 Å². The van der Waals surface area contributed by atoms with Crippen LogP contribution in [-0.4, -0.2) is 23.9 Å². The van der Waals surface area contributed by atoms with E-state index in [4.69, 9.17) is 10.2 Å². The predicted octanol–water partition coefficient (Wildman–Crippen LogP) is 3.96. The fourth-order valence-electron chi connectivity index (χ4n) is 3.55. The van der Waals surface area contributed by atoms with E-state index in [0.717, 1.165) is 29.9 Å². The number of nitrogens with two attached hydrogens (primary N) is 1. The van der Waals surface area contributed by atoms with E-state index in [2.05, 4.69) is 13.8 Å². The van der Waals surface area contributed by atoms with E-state index < -0.39 is 0 Å². The van der Waals surface area contributed by atoms with Crippen molar-refractivity contribution in [2.24, 2.45) is 11.8 Å². The molecule has 1 aromatic heterocycles. The van der Waals surface area contributed by atoms with Crippen molar-refractivity contribution in [3.63, 3.8) is 0 Å². The highest BCUT2D eigenvalue weighted by Crippen LogP contribution is 2.28. The standard InChI is InChI=1S/C19H24N2O2/c1-12-8-13(2)11-21(10-12)19(22)18-7-6-17(23-18)16-5-4-15(20)9-14(16)3/h4-7,9,12-13H,8,10-11,20H2,1-3H3/t12-,13-/m0/s1. The lowest BCUT2D eigenvalue weighted by atomic mass is 9.92. The molecule has 2 atom stereocenters. The van der Waals surface area contributed by atoms with Gasteiger partial charge in [0.05, 0.1) is 0 Å². The molecular formula is C19H24N2O2. The van der Waals surface area contributed by atoms with Gasteiger partial charge in [0, 0.05) is 24.3 Å². The Morgan fingerprint density at radius 2 is 1.87 bits per heavy atom. The van der Waals surface area contributed by atoms with Gasteiger partial charge >= 0.3 is 0 Å². The third kappa shape index (κ3) is 3.26. The number of anilines is 1. The summed E-state index contributed by atoms with van der Waals surface area (Å²) < 4.78 is 5.84. The van der Waals surface area contributed by atoms with Crippen molar-refractivity contribution in [1.82, 2.24) is 4.90 Å². The Kier molecular flexibility index (Phi) is 4.16. The summed E-state index contributed by atoms with van der Waals surface area (Å²) in [6.45, 7) is 7.99. The molecule has 1 saturated heterocycles. The van der Waals surface area contributed by atoms with Crippen molar-refractivity contribution in [3.05, 3.63) is 41.7 Å². The summed E-state index contributed by atoms with van der Waals surface area (Å²) in [6.07, 6.45) is 1.18. The average molecular weight is 312 g/mol. The van der Waals surface area contributed by atoms with Gasteiger partial charge < -0.3 is 15.1 Å². The summed E-state index contributed by atoms with van der Waals surface area (Å²) in [6, 6.07) is 9.33. The molecule has 0 spiro atoms. The molecule has 1 fully saturated rings. The minimum absolute atomic E-state index is 0.0113. The van der Waals surface area contributed by atoms with E-state index >= 15 is 0 Å². The van der Waals surface area contributed by atoms with Gasteiger partial charge in [-0.1, -0.05) is 13.8 Å². The highest BCUT2D eigenvalue weighted by atomic mass is 16.4. The predicted molar refractivity (Wildman–Crippen MR) is 92.1 cm³/mol. The normalized spacial score (nSPS) is 21.4. The maximum atomic E-state index is 12.7. The van der Waals surface area contributed by atoms with Crippen LogP contribution in [-0.2, 0) is 0 Å². The van der Waals surface area contributed by atoms with E-state index in [1.165, 1.54) is 6.42 Å². The molecule has 1 amide bonds. The Balaban J connectivity index is 1.82. The van der Waals surface area contributed by atoms with Gasteiger partial charge in [0.25, 0.3) is 5.91 Å². The number of piperidine rings is 1. The van der Waals surface area contributed by atoms with Gasteiger partial charge in [-0.3, -0.25) is 4.79 Å². The molecule has 0 aliphatic carbocycles. The van der Waals surface area contributed by atoms with Gasteiger partial charge in [-0.05, 0) is 61.1 Å². The largest absolute Gasteiger partial charge is 0.451 e. The molecule has 0 radical (unpaired) electrons. The van der Waals surface area contributed by atoms with Gasteiger partial charge in [-0.2, -0.15) is 0 Å². The lowest BCUT2D eigenvalue weighted by Crippen LogP contribution is -2.42. The maximum Gasteiger partial charge on any atom is 0.289 e. The van der Waals surface area contributed by atoms with E-state index in [1.807, 2.05) is 36.1 Å². The average Bonchev–Trinajstić information content (AvgIpc) is 2.95. The number of likely N-dealkylation sites (tertiary alicyclic amines) is 1. The molecule has 2 N–H and O–H groups in total. The van der Waals surface area contributed by atoms with E-state index in [-0.39, 0.29) is 5.91 Å². The second kappa shape index (κ2) is 6.11. The molecule has 0 unspecified atom stereocenters. The molecule has 0 saturated carbocycles. The summed E-state index contributed by atoms with van der Waals surface area (Å²) in [5.41, 5.74) is 8.53. The van der Waals surface area contributed by atoms with Crippen molar-refractivity contribution < 1.29 is 9.21 Å². The van der Waals surface area contributed by atoms with E-state index in [1.54, 1.807) is 6.07 Å². The number of nitrogens with zero attached hydrogens (tertiary/aromatic N) is 1. The third-order valence-electron chi connectivity index (χ3n) is 4.49. The molecule has 122 valence electrons. The molecule has 2 aromatic rings. The summed E-state index contributed by atoms with van der Waals surface area (Å²) in [7, 11) is 0. The zero-order valence-electron chi connectivity index (χ0n) is 14.0. The molecule has 1 aliphatic rings. The van der Waals surface area contributed by atoms with E-state index in [0.29, 0.717) is 23.4 Å². The summed E-state index contributed by atoms with van der Waals surface area (Å²) in [5, 5.41) is 0. The lowest BCUT2D eigenvalue weighted by molar-refractivity contribution is 0.0592. The Labute approximate surface area is 137 Å². The van der Waals surface area contributed by atoms with Crippen LogP contribution in [0, 0.1) is 18.8 Å². The van der Waals surface area contributed by atoms with Crippen molar-refractivity contribution in [2.75, 3.05) is 18.8 Å². The lowest BCUT2D eigenvalue weighted by Gasteiger charge is -2.34. The Morgan fingerprint density at radius 3 is 2.52 bits per heavy atom. The second-order valence-corrected chi connectivity index (χ2v) is 6.89. The fourth-order valence-corrected chi connectivity index (χ4v) is 3.55. The number of nitrogen functional groups attached to an aromatic ring is 1. The molecular weight excluding hydrogens is 288 g/mol. The first-order valence-corrected chi connectivity index (χ1v) is 8.19. The Hall–Kier alpha value is -2.23. The second-order valence-electron chi connectivity index (χ2n) is 6.89. The number of hydrogen-bond donors (Lipinski definition) is 1. The maximum absolute atomic E-state index is 12.7. The third-order valence-corrected chi connectivity index (χ3v) is 4.49. The van der Waals surface area contributed by atoms with Crippen LogP contribution < -0.4 is 5.73 Å². The van der Waals surface area contributed by atoms with Crippen molar-refractivity contribution in [3.8, 4) is 11.3 Å². The molecule has 4 nitrogen and oxygen atoms in total. The Bertz CT molecular complexity index is 710. The topological polar surface area (TPSA) is 59.5 Å². The first-order chi connectivity index (χ1) is 10.9. The highest BCUT2D eigenvalue weighted by Gasteiger charge is 2.27. The number of amides is 1. The van der Waals surface area contributed by atoms with Crippen molar-refractivity contribution in [1.29, 1.82) is 0 Å². The molecule has 1 aromatic carbocycles. The molecule has 3 rings (SSSR count). The number of rotatable bonds is 2. The van der Waals surface area contributed by atoms with Crippen molar-refractivity contribution >= 4 is 11.6 Å². The van der Waals surface area contributed by atoms with Gasteiger partial charge in [-0.15, -0.1) is 0 Å². The zero-order valence-corrected chi connectivity index (χ0v) is 14.0. The fraction of sp³-hybridized carbons (Fsp3) is 0.421. The number of carbonyl (C=O) groups is 1. The smallest absolute Gasteiger partial charge is 0.289 e. The van der Waals surface area contributed by atoms with Crippen LogP contribution in [0.3, 0.4) is 0 Å². The van der Waals surface area contributed by atoms with Gasteiger partial charge in [-0.25, -0.2) is 0 Å². The summed E-state index contributed by atoms with van der Waals surface area (Å²) >= 11 is 0. The van der Waals surface area contributed by atoms with Gasteiger partial charge in [0.2, 0.25) is 0 Å². The molecule has 2 heterocycles. The molecule has 0 bridgehead atoms.